The van der Waals surface area contributed by atoms with Crippen molar-refractivity contribution in [2.45, 2.75) is 6.92 Å². The molecule has 26 heavy (non-hydrogen) atoms. The highest BCUT2D eigenvalue weighted by molar-refractivity contribution is 7.79. The minimum absolute atomic E-state index is 0.535. The van der Waals surface area contributed by atoms with Crippen LogP contribution in [0.5, 0.6) is 0 Å². The van der Waals surface area contributed by atoms with Gasteiger partial charge in [-0.1, -0.05) is 109 Å². The van der Waals surface area contributed by atoms with Crippen LogP contribution >= 0.6 is 7.92 Å². The molecule has 0 radical (unpaired) electrons. The molecule has 0 amide bonds. The summed E-state index contributed by atoms with van der Waals surface area (Å²) in [7, 11) is -0.535. The quantitative estimate of drug-likeness (QED) is 0.430. The normalized spacial score (nSPS) is 10.8. The lowest BCUT2D eigenvalue weighted by molar-refractivity contribution is 1.46. The van der Waals surface area contributed by atoms with Gasteiger partial charge >= 0.3 is 0 Å². The Bertz CT molecular complexity index is 934. The van der Waals surface area contributed by atoms with E-state index in [1.54, 1.807) is 0 Å². The molecule has 0 spiro atoms. The fraction of sp³-hybridized carbons (Fsp3) is 0.0400. The summed E-state index contributed by atoms with van der Waals surface area (Å²) in [6, 6.07) is 39.4. The van der Waals surface area contributed by atoms with Crippen molar-refractivity contribution in [1.29, 1.82) is 0 Å². The second-order valence-corrected chi connectivity index (χ2v) is 8.59. The smallest absolute Gasteiger partial charge is 0.0134 e. The van der Waals surface area contributed by atoms with Gasteiger partial charge in [0.1, 0.15) is 0 Å². The molecule has 0 bridgehead atoms. The average Bonchev–Trinajstić information content (AvgIpc) is 2.71. The first-order valence-corrected chi connectivity index (χ1v) is 10.2. The Hall–Kier alpha value is -2.69. The minimum atomic E-state index is -0.535. The van der Waals surface area contributed by atoms with E-state index >= 15 is 0 Å². The second kappa shape index (κ2) is 7.68. The molecule has 0 aliphatic heterocycles. The van der Waals surface area contributed by atoms with Crippen LogP contribution in [0.3, 0.4) is 0 Å². The topological polar surface area (TPSA) is 0 Å². The van der Waals surface area contributed by atoms with Gasteiger partial charge in [0.15, 0.2) is 0 Å². The van der Waals surface area contributed by atoms with Gasteiger partial charge in [0.2, 0.25) is 0 Å². The van der Waals surface area contributed by atoms with E-state index in [-0.39, 0.29) is 0 Å². The molecule has 0 aromatic heterocycles. The third kappa shape index (κ3) is 3.47. The molecule has 0 heterocycles. The zero-order chi connectivity index (χ0) is 17.8. The number of aryl methyl sites for hydroxylation is 1. The largest absolute Gasteiger partial charge is 0.0622 e. The van der Waals surface area contributed by atoms with Crippen molar-refractivity contribution in [3.63, 3.8) is 0 Å². The SMILES string of the molecule is Cc1ccccc1-c1ccc(P(c2ccccc2)c2ccccc2)cc1. The van der Waals surface area contributed by atoms with E-state index in [1.807, 2.05) is 0 Å². The molecular formula is C25H21P. The van der Waals surface area contributed by atoms with Crippen molar-refractivity contribution in [3.8, 4) is 11.1 Å². The Morgan fingerprint density at radius 2 is 0.923 bits per heavy atom. The van der Waals surface area contributed by atoms with Gasteiger partial charge < -0.3 is 0 Å². The molecule has 0 atom stereocenters. The van der Waals surface area contributed by atoms with Crippen molar-refractivity contribution in [2.24, 2.45) is 0 Å². The van der Waals surface area contributed by atoms with Crippen LogP contribution < -0.4 is 15.9 Å². The fourth-order valence-corrected chi connectivity index (χ4v) is 5.57. The van der Waals surface area contributed by atoms with Crippen LogP contribution in [0, 0.1) is 6.92 Å². The maximum atomic E-state index is 2.30. The van der Waals surface area contributed by atoms with E-state index in [4.69, 9.17) is 0 Å². The summed E-state index contributed by atoms with van der Waals surface area (Å²) in [5.74, 6) is 0. The fourth-order valence-electron chi connectivity index (χ4n) is 3.29. The van der Waals surface area contributed by atoms with Gasteiger partial charge in [-0.25, -0.2) is 0 Å². The molecule has 0 nitrogen and oxygen atoms in total. The molecular weight excluding hydrogens is 331 g/mol. The van der Waals surface area contributed by atoms with Crippen LogP contribution in [0.25, 0.3) is 11.1 Å². The standard InChI is InChI=1S/C25H21P/c1-20-10-8-9-15-25(20)21-16-18-24(19-17-21)26(22-11-4-2-5-12-22)23-13-6-3-7-14-23/h2-19H,1H3. The van der Waals surface area contributed by atoms with E-state index in [0.29, 0.717) is 0 Å². The molecule has 0 saturated carbocycles. The lowest BCUT2D eigenvalue weighted by Gasteiger charge is -2.19. The highest BCUT2D eigenvalue weighted by Gasteiger charge is 2.16. The molecule has 0 saturated heterocycles. The summed E-state index contributed by atoms with van der Waals surface area (Å²) in [6.07, 6.45) is 0. The van der Waals surface area contributed by atoms with Crippen LogP contribution in [0.1, 0.15) is 5.56 Å². The predicted octanol–water partition coefficient (Wildman–Crippen LogP) is 5.42. The van der Waals surface area contributed by atoms with Crippen molar-refractivity contribution >= 4 is 23.8 Å². The Balaban J connectivity index is 1.76. The minimum Gasteiger partial charge on any atom is -0.0622 e. The van der Waals surface area contributed by atoms with Gasteiger partial charge in [0.25, 0.3) is 0 Å². The van der Waals surface area contributed by atoms with E-state index in [9.17, 15) is 0 Å². The van der Waals surface area contributed by atoms with Crippen LogP contribution in [0.4, 0.5) is 0 Å². The predicted molar refractivity (Wildman–Crippen MR) is 115 cm³/mol. The zero-order valence-electron chi connectivity index (χ0n) is 14.8. The monoisotopic (exact) mass is 352 g/mol. The van der Waals surface area contributed by atoms with Crippen molar-refractivity contribution in [1.82, 2.24) is 0 Å². The molecule has 4 rings (SSSR count). The average molecular weight is 352 g/mol. The van der Waals surface area contributed by atoms with Crippen LogP contribution in [-0.2, 0) is 0 Å². The molecule has 0 aliphatic carbocycles. The van der Waals surface area contributed by atoms with E-state index < -0.39 is 7.92 Å². The Morgan fingerprint density at radius 1 is 0.462 bits per heavy atom. The third-order valence-corrected chi connectivity index (χ3v) is 7.05. The molecule has 0 unspecified atom stereocenters. The van der Waals surface area contributed by atoms with E-state index in [2.05, 4.69) is 116 Å². The molecule has 0 aliphatic rings. The molecule has 0 fully saturated rings. The van der Waals surface area contributed by atoms with Gasteiger partial charge in [0, 0.05) is 0 Å². The van der Waals surface area contributed by atoms with Gasteiger partial charge in [-0.2, -0.15) is 0 Å². The van der Waals surface area contributed by atoms with Gasteiger partial charge in [-0.05, 0) is 47.4 Å². The first-order valence-electron chi connectivity index (χ1n) is 8.89. The molecule has 0 N–H and O–H groups in total. The molecule has 126 valence electrons. The van der Waals surface area contributed by atoms with E-state index in [1.165, 1.54) is 32.6 Å². The zero-order valence-corrected chi connectivity index (χ0v) is 15.7. The number of rotatable bonds is 4. The maximum Gasteiger partial charge on any atom is -0.0134 e. The van der Waals surface area contributed by atoms with E-state index in [0.717, 1.165) is 0 Å². The highest BCUT2D eigenvalue weighted by atomic mass is 31.1. The maximum absolute atomic E-state index is 2.30. The number of benzene rings is 4. The van der Waals surface area contributed by atoms with Crippen molar-refractivity contribution in [2.75, 3.05) is 0 Å². The second-order valence-electron chi connectivity index (χ2n) is 6.37. The Morgan fingerprint density at radius 3 is 1.46 bits per heavy atom. The Kier molecular flexibility index (Phi) is 4.95. The summed E-state index contributed by atoms with van der Waals surface area (Å²) in [5.41, 5.74) is 3.90. The first-order chi connectivity index (χ1) is 12.8. The highest BCUT2D eigenvalue weighted by Crippen LogP contribution is 2.33. The van der Waals surface area contributed by atoms with Gasteiger partial charge in [0.05, 0.1) is 0 Å². The molecule has 4 aromatic rings. The Labute approximate surface area is 156 Å². The van der Waals surface area contributed by atoms with Crippen LogP contribution in [-0.4, -0.2) is 0 Å². The lowest BCUT2D eigenvalue weighted by Crippen LogP contribution is -2.20. The van der Waals surface area contributed by atoms with Crippen LogP contribution in [0.2, 0.25) is 0 Å². The summed E-state index contributed by atoms with van der Waals surface area (Å²) in [4.78, 5) is 0. The molecule has 1 heteroatoms. The summed E-state index contributed by atoms with van der Waals surface area (Å²) in [5, 5.41) is 4.16. The number of hydrogen-bond donors (Lipinski definition) is 0. The van der Waals surface area contributed by atoms with Crippen molar-refractivity contribution < 1.29 is 0 Å². The summed E-state index contributed by atoms with van der Waals surface area (Å²) >= 11 is 0. The number of hydrogen-bond acceptors (Lipinski definition) is 0. The third-order valence-electron chi connectivity index (χ3n) is 4.61. The van der Waals surface area contributed by atoms with Gasteiger partial charge in [-0.3, -0.25) is 0 Å². The lowest BCUT2D eigenvalue weighted by atomic mass is 10.0. The van der Waals surface area contributed by atoms with Crippen LogP contribution in [0.15, 0.2) is 109 Å². The summed E-state index contributed by atoms with van der Waals surface area (Å²) < 4.78 is 0. The summed E-state index contributed by atoms with van der Waals surface area (Å²) in [6.45, 7) is 2.17. The van der Waals surface area contributed by atoms with Gasteiger partial charge in [-0.15, -0.1) is 0 Å². The first kappa shape index (κ1) is 16.8. The molecule has 4 aromatic carbocycles. The van der Waals surface area contributed by atoms with Crippen molar-refractivity contribution in [3.05, 3.63) is 115 Å².